The molecule has 0 aromatic carbocycles. The summed E-state index contributed by atoms with van der Waals surface area (Å²) in [5.74, 6) is 1.48. The molecular formula is C9H16N2O3S. The van der Waals surface area contributed by atoms with Crippen LogP contribution in [0.2, 0.25) is 0 Å². The number of furan rings is 1. The van der Waals surface area contributed by atoms with Crippen molar-refractivity contribution in [3.05, 3.63) is 23.7 Å². The molecule has 0 saturated carbocycles. The second kappa shape index (κ2) is 5.29. The smallest absolute Gasteiger partial charge is 0.213 e. The quantitative estimate of drug-likeness (QED) is 0.736. The Kier molecular flexibility index (Phi) is 4.31. The molecule has 1 rings (SSSR count). The highest BCUT2D eigenvalue weighted by atomic mass is 32.2. The van der Waals surface area contributed by atoms with Crippen molar-refractivity contribution in [2.45, 2.75) is 13.5 Å². The Hall–Kier alpha value is -0.850. The van der Waals surface area contributed by atoms with Gasteiger partial charge < -0.3 is 9.73 Å². The zero-order chi connectivity index (χ0) is 11.3. The summed E-state index contributed by atoms with van der Waals surface area (Å²) >= 11 is 0. The van der Waals surface area contributed by atoms with E-state index in [1.807, 2.05) is 6.92 Å². The van der Waals surface area contributed by atoms with Crippen LogP contribution in [0.3, 0.4) is 0 Å². The summed E-state index contributed by atoms with van der Waals surface area (Å²) in [4.78, 5) is 0. The highest BCUT2D eigenvalue weighted by Gasteiger charge is 2.09. The zero-order valence-corrected chi connectivity index (χ0v) is 9.73. The van der Waals surface area contributed by atoms with E-state index >= 15 is 0 Å². The molecule has 0 amide bonds. The van der Waals surface area contributed by atoms with Crippen LogP contribution in [0.1, 0.15) is 11.5 Å². The fraction of sp³-hybridized carbons (Fsp3) is 0.556. The first-order valence-corrected chi connectivity index (χ1v) is 6.36. The van der Waals surface area contributed by atoms with E-state index in [2.05, 4.69) is 10.0 Å². The van der Waals surface area contributed by atoms with Crippen molar-refractivity contribution in [2.75, 3.05) is 19.3 Å². The van der Waals surface area contributed by atoms with Gasteiger partial charge in [0, 0.05) is 6.54 Å². The molecule has 15 heavy (non-hydrogen) atoms. The Bertz CT molecular complexity index is 397. The third kappa shape index (κ3) is 4.46. The molecule has 0 spiro atoms. The van der Waals surface area contributed by atoms with Gasteiger partial charge in [-0.2, -0.15) is 0 Å². The van der Waals surface area contributed by atoms with Crippen LogP contribution in [0.5, 0.6) is 0 Å². The maximum absolute atomic E-state index is 11.4. The van der Waals surface area contributed by atoms with Crippen molar-refractivity contribution in [3.8, 4) is 0 Å². The molecule has 1 heterocycles. The second-order valence-corrected chi connectivity index (χ2v) is 5.18. The summed E-state index contributed by atoms with van der Waals surface area (Å²) in [5, 5.41) is 2.78. The van der Waals surface area contributed by atoms with E-state index in [0.717, 1.165) is 5.76 Å². The molecule has 1 aromatic rings. The molecule has 0 bridgehead atoms. The van der Waals surface area contributed by atoms with Crippen molar-refractivity contribution in [1.29, 1.82) is 0 Å². The third-order valence-corrected chi connectivity index (χ3v) is 3.21. The molecular weight excluding hydrogens is 216 g/mol. The van der Waals surface area contributed by atoms with Gasteiger partial charge in [-0.25, -0.2) is 13.1 Å². The predicted molar refractivity (Wildman–Crippen MR) is 58.0 cm³/mol. The van der Waals surface area contributed by atoms with Crippen LogP contribution < -0.4 is 10.0 Å². The van der Waals surface area contributed by atoms with Crippen molar-refractivity contribution >= 4 is 10.0 Å². The van der Waals surface area contributed by atoms with Crippen LogP contribution >= 0.6 is 0 Å². The number of hydrogen-bond donors (Lipinski definition) is 2. The SMILES string of the molecule is CNCCS(=O)(=O)NCc1ccc(C)o1. The molecule has 0 unspecified atom stereocenters. The molecule has 6 heteroatoms. The Labute approximate surface area is 89.9 Å². The Morgan fingerprint density at radius 1 is 1.40 bits per heavy atom. The molecule has 0 atom stereocenters. The summed E-state index contributed by atoms with van der Waals surface area (Å²) in [6, 6.07) is 3.56. The van der Waals surface area contributed by atoms with Crippen LogP contribution in [0, 0.1) is 6.92 Å². The fourth-order valence-electron chi connectivity index (χ4n) is 1.07. The topological polar surface area (TPSA) is 71.3 Å². The van der Waals surface area contributed by atoms with Gasteiger partial charge >= 0.3 is 0 Å². The minimum Gasteiger partial charge on any atom is -0.465 e. The van der Waals surface area contributed by atoms with Gasteiger partial charge in [0.2, 0.25) is 10.0 Å². The molecule has 2 N–H and O–H groups in total. The summed E-state index contributed by atoms with van der Waals surface area (Å²) < 4.78 is 30.5. The average molecular weight is 232 g/mol. The van der Waals surface area contributed by atoms with Gasteiger partial charge in [0.15, 0.2) is 0 Å². The van der Waals surface area contributed by atoms with Crippen molar-refractivity contribution in [2.24, 2.45) is 0 Å². The molecule has 1 aromatic heterocycles. The van der Waals surface area contributed by atoms with E-state index in [0.29, 0.717) is 12.3 Å². The third-order valence-electron chi connectivity index (χ3n) is 1.88. The van der Waals surface area contributed by atoms with Crippen LogP contribution in [0.15, 0.2) is 16.5 Å². The maximum Gasteiger partial charge on any atom is 0.213 e. The van der Waals surface area contributed by atoms with E-state index < -0.39 is 10.0 Å². The molecule has 86 valence electrons. The molecule has 0 aliphatic rings. The molecule has 5 nitrogen and oxygen atoms in total. The number of rotatable bonds is 6. The average Bonchev–Trinajstić information content (AvgIpc) is 2.59. The summed E-state index contributed by atoms with van der Waals surface area (Å²) in [6.07, 6.45) is 0. The monoisotopic (exact) mass is 232 g/mol. The molecule has 0 fully saturated rings. The minimum atomic E-state index is -3.21. The number of aryl methyl sites for hydroxylation is 1. The van der Waals surface area contributed by atoms with Gasteiger partial charge in [-0.05, 0) is 26.1 Å². The number of hydrogen-bond acceptors (Lipinski definition) is 4. The van der Waals surface area contributed by atoms with Crippen molar-refractivity contribution in [1.82, 2.24) is 10.0 Å². The largest absolute Gasteiger partial charge is 0.465 e. The Balaban J connectivity index is 2.42. The Morgan fingerprint density at radius 3 is 2.67 bits per heavy atom. The van der Waals surface area contributed by atoms with Gasteiger partial charge in [-0.3, -0.25) is 0 Å². The van der Waals surface area contributed by atoms with Crippen LogP contribution in [0.4, 0.5) is 0 Å². The minimum absolute atomic E-state index is 0.0726. The van der Waals surface area contributed by atoms with Crippen molar-refractivity contribution < 1.29 is 12.8 Å². The zero-order valence-electron chi connectivity index (χ0n) is 8.91. The lowest BCUT2D eigenvalue weighted by Crippen LogP contribution is -2.30. The van der Waals surface area contributed by atoms with Gasteiger partial charge in [0.25, 0.3) is 0 Å². The first kappa shape index (κ1) is 12.2. The van der Waals surface area contributed by atoms with E-state index in [9.17, 15) is 8.42 Å². The standard InChI is InChI=1S/C9H16N2O3S/c1-8-3-4-9(14-8)7-11-15(12,13)6-5-10-2/h3-4,10-11H,5-7H2,1-2H3. The molecule has 0 aliphatic carbocycles. The maximum atomic E-state index is 11.4. The van der Waals surface area contributed by atoms with Gasteiger partial charge in [0.05, 0.1) is 12.3 Å². The van der Waals surface area contributed by atoms with E-state index in [1.54, 1.807) is 19.2 Å². The van der Waals surface area contributed by atoms with Crippen LogP contribution in [0.25, 0.3) is 0 Å². The summed E-state index contributed by atoms with van der Waals surface area (Å²) in [5.41, 5.74) is 0. The lowest BCUT2D eigenvalue weighted by molar-refractivity contribution is 0.475. The lowest BCUT2D eigenvalue weighted by atomic mass is 10.4. The summed E-state index contributed by atoms with van der Waals surface area (Å²) in [7, 11) is -1.49. The summed E-state index contributed by atoms with van der Waals surface area (Å²) in [6.45, 7) is 2.46. The lowest BCUT2D eigenvalue weighted by Gasteiger charge is -2.04. The highest BCUT2D eigenvalue weighted by molar-refractivity contribution is 7.89. The van der Waals surface area contributed by atoms with E-state index in [4.69, 9.17) is 4.42 Å². The van der Waals surface area contributed by atoms with Gasteiger partial charge in [0.1, 0.15) is 11.5 Å². The highest BCUT2D eigenvalue weighted by Crippen LogP contribution is 2.05. The van der Waals surface area contributed by atoms with E-state index in [-0.39, 0.29) is 12.3 Å². The van der Waals surface area contributed by atoms with Crippen molar-refractivity contribution in [3.63, 3.8) is 0 Å². The van der Waals surface area contributed by atoms with Crippen LogP contribution in [-0.2, 0) is 16.6 Å². The first-order valence-electron chi connectivity index (χ1n) is 4.71. The van der Waals surface area contributed by atoms with E-state index in [1.165, 1.54) is 0 Å². The van der Waals surface area contributed by atoms with Gasteiger partial charge in [-0.15, -0.1) is 0 Å². The Morgan fingerprint density at radius 2 is 2.13 bits per heavy atom. The molecule has 0 aliphatic heterocycles. The second-order valence-electron chi connectivity index (χ2n) is 3.26. The predicted octanol–water partition coefficient (Wildman–Crippen LogP) is 0.227. The normalized spacial score (nSPS) is 11.9. The number of nitrogens with one attached hydrogen (secondary N) is 2. The molecule has 0 saturated heterocycles. The van der Waals surface area contributed by atoms with Gasteiger partial charge in [-0.1, -0.05) is 0 Å². The van der Waals surface area contributed by atoms with Crippen LogP contribution in [-0.4, -0.2) is 27.8 Å². The first-order chi connectivity index (χ1) is 7.03. The fourth-order valence-corrected chi connectivity index (χ4v) is 2.05. The number of sulfonamides is 1. The molecule has 0 radical (unpaired) electrons.